The largest absolute Gasteiger partial charge is 0.387 e. The van der Waals surface area contributed by atoms with Crippen LogP contribution in [0.25, 0.3) is 0 Å². The molecule has 0 saturated carbocycles. The fourth-order valence-corrected chi connectivity index (χ4v) is 2.16. The number of hydrogen-bond donors (Lipinski definition) is 2. The summed E-state index contributed by atoms with van der Waals surface area (Å²) in [5, 5.41) is 5.94. The number of carbonyl (C=O) groups is 1. The van der Waals surface area contributed by atoms with Crippen LogP contribution in [0.3, 0.4) is 0 Å². The second-order valence-corrected chi connectivity index (χ2v) is 5.51. The van der Waals surface area contributed by atoms with Crippen LogP contribution in [0.2, 0.25) is 0 Å². The predicted octanol–water partition coefficient (Wildman–Crippen LogP) is 3.89. The van der Waals surface area contributed by atoms with Gasteiger partial charge in [0, 0.05) is 22.0 Å². The van der Waals surface area contributed by atoms with E-state index in [1.165, 1.54) is 0 Å². The van der Waals surface area contributed by atoms with Crippen LogP contribution < -0.4 is 10.6 Å². The topological polar surface area (TPSA) is 41.1 Å². The Morgan fingerprint density at radius 3 is 2.42 bits per heavy atom. The van der Waals surface area contributed by atoms with E-state index in [0.29, 0.717) is 5.56 Å². The molecule has 0 radical (unpaired) electrons. The fraction of sp³-hybridized carbons (Fsp3) is 0.133. The zero-order valence-electron chi connectivity index (χ0n) is 10.8. The number of benzene rings is 2. The number of carbonyl (C=O) groups excluding carboxylic acids is 1. The Balaban J connectivity index is 2.24. The molecule has 4 heteroatoms. The van der Waals surface area contributed by atoms with Crippen molar-refractivity contribution in [3.63, 3.8) is 0 Å². The molecule has 3 nitrogen and oxygen atoms in total. The number of hydrogen-bond acceptors (Lipinski definition) is 2. The van der Waals surface area contributed by atoms with E-state index in [4.69, 9.17) is 0 Å². The highest BCUT2D eigenvalue weighted by Crippen LogP contribution is 2.19. The summed E-state index contributed by atoms with van der Waals surface area (Å²) in [7, 11) is 1.81. The standard InChI is InChI=1S/C15H15IN2O/c1-10-3-8-14(17-2)13(9-10)15(19)18-12-6-4-11(16)5-7-12/h3-9,17H,1-2H3,(H,18,19). The molecule has 98 valence electrons. The van der Waals surface area contributed by atoms with E-state index >= 15 is 0 Å². The monoisotopic (exact) mass is 366 g/mol. The molecule has 0 spiro atoms. The molecule has 1 amide bonds. The van der Waals surface area contributed by atoms with E-state index in [0.717, 1.165) is 20.5 Å². The summed E-state index contributed by atoms with van der Waals surface area (Å²) in [5.74, 6) is -0.103. The second-order valence-electron chi connectivity index (χ2n) is 4.26. The highest BCUT2D eigenvalue weighted by Gasteiger charge is 2.11. The van der Waals surface area contributed by atoms with Crippen molar-refractivity contribution < 1.29 is 4.79 Å². The summed E-state index contributed by atoms with van der Waals surface area (Å²) in [4.78, 5) is 12.3. The number of anilines is 2. The zero-order valence-corrected chi connectivity index (χ0v) is 13.0. The van der Waals surface area contributed by atoms with Gasteiger partial charge in [0.2, 0.25) is 0 Å². The first kappa shape index (κ1) is 13.9. The fourth-order valence-electron chi connectivity index (χ4n) is 1.80. The van der Waals surface area contributed by atoms with Crippen molar-refractivity contribution in [2.75, 3.05) is 17.7 Å². The van der Waals surface area contributed by atoms with Crippen molar-refractivity contribution in [1.82, 2.24) is 0 Å². The SMILES string of the molecule is CNc1ccc(C)cc1C(=O)Nc1ccc(I)cc1. The van der Waals surface area contributed by atoms with Crippen LogP contribution in [-0.2, 0) is 0 Å². The molecule has 0 aliphatic carbocycles. The second kappa shape index (κ2) is 6.06. The van der Waals surface area contributed by atoms with E-state index in [2.05, 4.69) is 33.2 Å². The lowest BCUT2D eigenvalue weighted by Crippen LogP contribution is -2.14. The highest BCUT2D eigenvalue weighted by molar-refractivity contribution is 14.1. The third kappa shape index (κ3) is 3.47. The molecule has 0 saturated heterocycles. The van der Waals surface area contributed by atoms with Crippen LogP contribution in [0.1, 0.15) is 15.9 Å². The lowest BCUT2D eigenvalue weighted by atomic mass is 10.1. The molecule has 2 aromatic rings. The maximum atomic E-state index is 12.3. The maximum absolute atomic E-state index is 12.3. The van der Waals surface area contributed by atoms with Gasteiger partial charge in [-0.15, -0.1) is 0 Å². The molecule has 0 aliphatic rings. The van der Waals surface area contributed by atoms with Gasteiger partial charge in [-0.2, -0.15) is 0 Å². The molecule has 2 N–H and O–H groups in total. The molecular formula is C15H15IN2O. The molecule has 2 aromatic carbocycles. The molecule has 0 bridgehead atoms. The van der Waals surface area contributed by atoms with Gasteiger partial charge < -0.3 is 10.6 Å². The Kier molecular flexibility index (Phi) is 4.42. The van der Waals surface area contributed by atoms with Gasteiger partial charge in [-0.3, -0.25) is 4.79 Å². The van der Waals surface area contributed by atoms with Gasteiger partial charge in [0.25, 0.3) is 5.91 Å². The van der Waals surface area contributed by atoms with Gasteiger partial charge in [0.1, 0.15) is 0 Å². The summed E-state index contributed by atoms with van der Waals surface area (Å²) in [6.45, 7) is 1.97. The van der Waals surface area contributed by atoms with Crippen molar-refractivity contribution in [2.24, 2.45) is 0 Å². The third-order valence-corrected chi connectivity index (χ3v) is 3.51. The molecule has 19 heavy (non-hydrogen) atoms. The quantitative estimate of drug-likeness (QED) is 0.810. The van der Waals surface area contributed by atoms with Gasteiger partial charge in [-0.1, -0.05) is 11.6 Å². The average molecular weight is 366 g/mol. The molecule has 0 heterocycles. The third-order valence-electron chi connectivity index (χ3n) is 2.79. The normalized spacial score (nSPS) is 10.1. The van der Waals surface area contributed by atoms with Crippen LogP contribution in [-0.4, -0.2) is 13.0 Å². The van der Waals surface area contributed by atoms with Crippen LogP contribution in [0.15, 0.2) is 42.5 Å². The minimum absolute atomic E-state index is 0.103. The van der Waals surface area contributed by atoms with E-state index in [9.17, 15) is 4.79 Å². The Labute approximate surface area is 126 Å². The summed E-state index contributed by atoms with van der Waals surface area (Å²) in [6, 6.07) is 13.5. The summed E-state index contributed by atoms with van der Waals surface area (Å²) in [6.07, 6.45) is 0. The van der Waals surface area contributed by atoms with E-state index in [-0.39, 0.29) is 5.91 Å². The van der Waals surface area contributed by atoms with Crippen molar-refractivity contribution >= 4 is 39.9 Å². The van der Waals surface area contributed by atoms with Gasteiger partial charge in [-0.05, 0) is 65.9 Å². The Bertz CT molecular complexity index is 594. The molecule has 0 atom stereocenters. The Hall–Kier alpha value is -1.56. The molecule has 2 rings (SSSR count). The number of nitrogens with one attached hydrogen (secondary N) is 2. The van der Waals surface area contributed by atoms with Gasteiger partial charge >= 0.3 is 0 Å². The first-order valence-electron chi connectivity index (χ1n) is 5.95. The molecule has 0 unspecified atom stereocenters. The number of halogens is 1. The molecule has 0 aliphatic heterocycles. The van der Waals surface area contributed by atoms with Crippen LogP contribution in [0.5, 0.6) is 0 Å². The summed E-state index contributed by atoms with van der Waals surface area (Å²) >= 11 is 2.23. The maximum Gasteiger partial charge on any atom is 0.257 e. The number of amides is 1. The van der Waals surface area contributed by atoms with Crippen molar-refractivity contribution in [2.45, 2.75) is 6.92 Å². The van der Waals surface area contributed by atoms with Crippen LogP contribution in [0.4, 0.5) is 11.4 Å². The van der Waals surface area contributed by atoms with Gasteiger partial charge in [-0.25, -0.2) is 0 Å². The van der Waals surface area contributed by atoms with E-state index in [1.54, 1.807) is 0 Å². The van der Waals surface area contributed by atoms with Crippen molar-refractivity contribution in [3.8, 4) is 0 Å². The van der Waals surface area contributed by atoms with Gasteiger partial charge in [0.15, 0.2) is 0 Å². The minimum Gasteiger partial charge on any atom is -0.387 e. The van der Waals surface area contributed by atoms with Gasteiger partial charge in [0.05, 0.1) is 5.56 Å². The summed E-state index contributed by atoms with van der Waals surface area (Å²) < 4.78 is 1.14. The predicted molar refractivity (Wildman–Crippen MR) is 87.8 cm³/mol. The Morgan fingerprint density at radius 2 is 1.79 bits per heavy atom. The van der Waals surface area contributed by atoms with Crippen LogP contribution in [0, 0.1) is 10.5 Å². The summed E-state index contributed by atoms with van der Waals surface area (Å²) in [5.41, 5.74) is 3.34. The number of aryl methyl sites for hydroxylation is 1. The average Bonchev–Trinajstić information content (AvgIpc) is 2.41. The number of rotatable bonds is 3. The Morgan fingerprint density at radius 1 is 1.11 bits per heavy atom. The highest BCUT2D eigenvalue weighted by atomic mass is 127. The lowest BCUT2D eigenvalue weighted by Gasteiger charge is -2.11. The minimum atomic E-state index is -0.103. The smallest absolute Gasteiger partial charge is 0.257 e. The molecular weight excluding hydrogens is 351 g/mol. The lowest BCUT2D eigenvalue weighted by molar-refractivity contribution is 0.102. The van der Waals surface area contributed by atoms with Crippen molar-refractivity contribution in [1.29, 1.82) is 0 Å². The first-order valence-corrected chi connectivity index (χ1v) is 7.03. The van der Waals surface area contributed by atoms with Crippen molar-refractivity contribution in [3.05, 3.63) is 57.2 Å². The first-order chi connectivity index (χ1) is 9.10. The van der Waals surface area contributed by atoms with E-state index in [1.807, 2.05) is 56.4 Å². The van der Waals surface area contributed by atoms with E-state index < -0.39 is 0 Å². The van der Waals surface area contributed by atoms with Crippen LogP contribution >= 0.6 is 22.6 Å². The molecule has 0 fully saturated rings. The molecule has 0 aromatic heterocycles. The zero-order chi connectivity index (χ0) is 13.8.